The molecule has 4 nitrogen and oxygen atoms in total. The normalized spacial score (nSPS) is 18.2. The minimum atomic E-state index is 0.338. The minimum Gasteiger partial charge on any atom is -0.411 e. The molecule has 2 rings (SSSR count). The third-order valence-electron chi connectivity index (χ3n) is 4.09. The van der Waals surface area contributed by atoms with Crippen molar-refractivity contribution in [1.82, 2.24) is 0 Å². The van der Waals surface area contributed by atoms with Crippen LogP contribution >= 0.6 is 0 Å². The van der Waals surface area contributed by atoms with E-state index in [1.54, 1.807) is 0 Å². The predicted octanol–water partition coefficient (Wildman–Crippen LogP) is 4.15. The van der Waals surface area contributed by atoms with Gasteiger partial charge in [0.15, 0.2) is 0 Å². The van der Waals surface area contributed by atoms with Crippen LogP contribution in [0.3, 0.4) is 0 Å². The van der Waals surface area contributed by atoms with E-state index in [-0.39, 0.29) is 0 Å². The van der Waals surface area contributed by atoms with Gasteiger partial charge in [0.05, 0.1) is 0 Å². The predicted molar refractivity (Wildman–Crippen MR) is 80.1 cm³/mol. The number of rotatable bonds is 4. The van der Waals surface area contributed by atoms with Crippen LogP contribution in [0.15, 0.2) is 34.6 Å². The zero-order valence-corrected chi connectivity index (χ0v) is 11.9. The maximum Gasteiger partial charge on any atom is 0.134 e. The highest BCUT2D eigenvalue weighted by molar-refractivity contribution is 6.48. The van der Waals surface area contributed by atoms with Crippen molar-refractivity contribution in [1.29, 1.82) is 0 Å². The summed E-state index contributed by atoms with van der Waals surface area (Å²) in [5, 5.41) is 24.5. The highest BCUT2D eigenvalue weighted by Gasteiger charge is 2.16. The monoisotopic (exact) mass is 274 g/mol. The molecule has 1 aliphatic carbocycles. The first-order valence-corrected chi connectivity index (χ1v) is 7.33. The molecule has 20 heavy (non-hydrogen) atoms. The van der Waals surface area contributed by atoms with E-state index in [1.807, 2.05) is 19.1 Å². The highest BCUT2D eigenvalue weighted by Crippen LogP contribution is 2.32. The Bertz CT molecular complexity index is 486. The van der Waals surface area contributed by atoms with Crippen LogP contribution < -0.4 is 0 Å². The summed E-state index contributed by atoms with van der Waals surface area (Å²) in [5.41, 5.74) is 2.86. The van der Waals surface area contributed by atoms with Crippen LogP contribution in [0, 0.1) is 0 Å². The average molecular weight is 274 g/mol. The second-order valence-electron chi connectivity index (χ2n) is 5.31. The molecule has 0 atom stereocenters. The largest absolute Gasteiger partial charge is 0.411 e. The van der Waals surface area contributed by atoms with Crippen molar-refractivity contribution in [2.24, 2.45) is 10.3 Å². The Labute approximate surface area is 119 Å². The van der Waals surface area contributed by atoms with Gasteiger partial charge < -0.3 is 10.4 Å². The molecule has 0 aliphatic heterocycles. The van der Waals surface area contributed by atoms with Crippen LogP contribution in [0.1, 0.15) is 62.5 Å². The van der Waals surface area contributed by atoms with Crippen molar-refractivity contribution in [3.63, 3.8) is 0 Å². The highest BCUT2D eigenvalue weighted by atomic mass is 16.4. The second kappa shape index (κ2) is 7.08. The summed E-state index contributed by atoms with van der Waals surface area (Å²) in [5.74, 6) is 0.657. The number of nitrogens with zero attached hydrogens (tertiary/aromatic N) is 2. The van der Waals surface area contributed by atoms with Crippen LogP contribution in [0.5, 0.6) is 0 Å². The Hall–Kier alpha value is -1.84. The van der Waals surface area contributed by atoms with Gasteiger partial charge in [0.2, 0.25) is 0 Å². The van der Waals surface area contributed by atoms with E-state index in [2.05, 4.69) is 22.4 Å². The number of oxime groups is 2. The molecule has 0 amide bonds. The number of hydrogen-bond donors (Lipinski definition) is 2. The van der Waals surface area contributed by atoms with E-state index in [9.17, 15) is 0 Å². The molecule has 1 aliphatic rings. The van der Waals surface area contributed by atoms with Gasteiger partial charge >= 0.3 is 0 Å². The Morgan fingerprint density at radius 3 is 2.20 bits per heavy atom. The molecule has 0 saturated heterocycles. The molecule has 1 fully saturated rings. The molecule has 1 saturated carbocycles. The van der Waals surface area contributed by atoms with E-state index in [0.29, 0.717) is 23.8 Å². The van der Waals surface area contributed by atoms with Crippen LogP contribution in [0.25, 0.3) is 0 Å². The van der Waals surface area contributed by atoms with Gasteiger partial charge in [-0.2, -0.15) is 0 Å². The summed E-state index contributed by atoms with van der Waals surface area (Å²) >= 11 is 0. The van der Waals surface area contributed by atoms with E-state index in [0.717, 1.165) is 5.56 Å². The van der Waals surface area contributed by atoms with E-state index >= 15 is 0 Å². The summed E-state index contributed by atoms with van der Waals surface area (Å²) in [7, 11) is 0. The van der Waals surface area contributed by atoms with Gasteiger partial charge in [-0.1, -0.05) is 60.8 Å². The van der Waals surface area contributed by atoms with Crippen LogP contribution in [0.4, 0.5) is 0 Å². The zero-order valence-electron chi connectivity index (χ0n) is 11.9. The van der Waals surface area contributed by atoms with Crippen LogP contribution in [-0.2, 0) is 0 Å². The van der Waals surface area contributed by atoms with Crippen LogP contribution in [-0.4, -0.2) is 21.8 Å². The molecular formula is C16H22N2O2. The molecule has 0 heterocycles. The SMILES string of the molecule is CCC(=NO)C(=NO)c1ccc(C2CCCCC2)cc1. The summed E-state index contributed by atoms with van der Waals surface area (Å²) < 4.78 is 0. The standard InChI is InChI=1S/C16H22N2O2/c1-2-15(17-19)16(18-20)14-10-8-13(9-11-14)12-6-4-3-5-7-12/h8-12,19-20H,2-7H2,1H3. The molecule has 0 unspecified atom stereocenters. The third kappa shape index (κ3) is 3.18. The van der Waals surface area contributed by atoms with Crippen molar-refractivity contribution in [2.45, 2.75) is 51.4 Å². The minimum absolute atomic E-state index is 0.338. The number of hydrogen-bond acceptors (Lipinski definition) is 4. The topological polar surface area (TPSA) is 65.2 Å². The van der Waals surface area contributed by atoms with Crippen molar-refractivity contribution in [3.05, 3.63) is 35.4 Å². The summed E-state index contributed by atoms with van der Waals surface area (Å²) in [6, 6.07) is 8.09. The lowest BCUT2D eigenvalue weighted by Crippen LogP contribution is -2.15. The Kier molecular flexibility index (Phi) is 5.16. The lowest BCUT2D eigenvalue weighted by molar-refractivity contribution is 0.313. The van der Waals surface area contributed by atoms with Gasteiger partial charge in [-0.3, -0.25) is 0 Å². The number of benzene rings is 1. The third-order valence-corrected chi connectivity index (χ3v) is 4.09. The zero-order chi connectivity index (χ0) is 14.4. The van der Waals surface area contributed by atoms with Crippen molar-refractivity contribution < 1.29 is 10.4 Å². The lowest BCUT2D eigenvalue weighted by Gasteiger charge is -2.22. The molecule has 0 radical (unpaired) electrons. The van der Waals surface area contributed by atoms with Gasteiger partial charge in [-0.05, 0) is 30.7 Å². The first-order chi connectivity index (χ1) is 9.80. The molecule has 2 N–H and O–H groups in total. The molecule has 0 aromatic heterocycles. The summed E-state index contributed by atoms with van der Waals surface area (Å²) in [6.45, 7) is 1.86. The molecule has 4 heteroatoms. The van der Waals surface area contributed by atoms with Gasteiger partial charge in [0.1, 0.15) is 11.4 Å². The molecule has 108 valence electrons. The second-order valence-corrected chi connectivity index (χ2v) is 5.31. The van der Waals surface area contributed by atoms with Crippen LogP contribution in [0.2, 0.25) is 0 Å². The quantitative estimate of drug-likeness (QED) is 0.492. The molecule has 1 aromatic rings. The molecule has 0 spiro atoms. The Morgan fingerprint density at radius 1 is 1.05 bits per heavy atom. The average Bonchev–Trinajstić information content (AvgIpc) is 2.53. The van der Waals surface area contributed by atoms with Gasteiger partial charge in [0, 0.05) is 5.56 Å². The van der Waals surface area contributed by atoms with Gasteiger partial charge in [-0.15, -0.1) is 0 Å². The first kappa shape index (κ1) is 14.6. The van der Waals surface area contributed by atoms with Gasteiger partial charge in [0.25, 0.3) is 0 Å². The lowest BCUT2D eigenvalue weighted by atomic mass is 9.83. The smallest absolute Gasteiger partial charge is 0.134 e. The first-order valence-electron chi connectivity index (χ1n) is 7.33. The van der Waals surface area contributed by atoms with E-state index < -0.39 is 0 Å². The summed E-state index contributed by atoms with van der Waals surface area (Å²) in [6.07, 6.45) is 7.01. The maximum absolute atomic E-state index is 9.13. The van der Waals surface area contributed by atoms with Crippen molar-refractivity contribution in [3.8, 4) is 0 Å². The Balaban J connectivity index is 2.18. The van der Waals surface area contributed by atoms with E-state index in [1.165, 1.54) is 37.7 Å². The molecular weight excluding hydrogens is 252 g/mol. The fourth-order valence-electron chi connectivity index (χ4n) is 2.92. The fraction of sp³-hybridized carbons (Fsp3) is 0.500. The Morgan fingerprint density at radius 2 is 1.70 bits per heavy atom. The van der Waals surface area contributed by atoms with Crippen molar-refractivity contribution in [2.75, 3.05) is 0 Å². The van der Waals surface area contributed by atoms with Gasteiger partial charge in [-0.25, -0.2) is 0 Å². The maximum atomic E-state index is 9.13. The van der Waals surface area contributed by atoms with Crippen molar-refractivity contribution >= 4 is 11.4 Å². The summed E-state index contributed by atoms with van der Waals surface area (Å²) in [4.78, 5) is 0. The van der Waals surface area contributed by atoms with E-state index in [4.69, 9.17) is 10.4 Å². The molecule has 0 bridgehead atoms. The fourth-order valence-corrected chi connectivity index (χ4v) is 2.92. The molecule has 1 aromatic carbocycles.